The molecular formula is C46H27N11O2. The minimum absolute atomic E-state index is 0.312. The maximum Gasteiger partial charge on any atom is 0.273 e. The lowest BCUT2D eigenvalue weighted by Crippen LogP contribution is -2.03. The molecular weight excluding hydrogens is 739 g/mol. The number of ether oxygens (including phenoxy) is 2. The lowest BCUT2D eigenvalue weighted by atomic mass is 10.1. The molecule has 0 radical (unpaired) electrons. The number of hydrogen-bond acceptors (Lipinski definition) is 10. The minimum atomic E-state index is 0.312. The van der Waals surface area contributed by atoms with E-state index in [1.54, 1.807) is 37.2 Å². The molecule has 13 nitrogen and oxygen atoms in total. The molecule has 6 heterocycles. The average Bonchev–Trinajstić information content (AvgIpc) is 3.92. The monoisotopic (exact) mass is 765 g/mol. The standard InChI is InChI=1S/C46H27N11O2/c1-3-7-38-32(5-1)34-13-9-28(21-40(34)55(38)44-25-47-17-19-49-44)58-30-11-15-36-37-16-12-31(24-43(37)57(42(36)23-30)46-53-51-27-52-54-46)59-29-10-14-35-33-6-2-4-8-39(33)56(41(35)22-29)45-26-48-18-20-50-45/h1-27H. The quantitative estimate of drug-likeness (QED) is 0.154. The van der Waals surface area contributed by atoms with Gasteiger partial charge in [0.1, 0.15) is 23.0 Å². The molecule has 0 aliphatic heterocycles. The van der Waals surface area contributed by atoms with Crippen molar-refractivity contribution in [1.29, 1.82) is 0 Å². The molecule has 0 N–H and O–H groups in total. The van der Waals surface area contributed by atoms with Gasteiger partial charge in [-0.25, -0.2) is 9.97 Å². The summed E-state index contributed by atoms with van der Waals surface area (Å²) >= 11 is 0. The van der Waals surface area contributed by atoms with E-state index >= 15 is 0 Å². The van der Waals surface area contributed by atoms with Crippen LogP contribution in [0.2, 0.25) is 0 Å². The molecule has 0 unspecified atom stereocenters. The van der Waals surface area contributed by atoms with Gasteiger partial charge in [0, 0.05) is 81.4 Å². The van der Waals surface area contributed by atoms with Gasteiger partial charge >= 0.3 is 0 Å². The highest BCUT2D eigenvalue weighted by Gasteiger charge is 2.19. The van der Waals surface area contributed by atoms with E-state index in [0.29, 0.717) is 28.9 Å². The van der Waals surface area contributed by atoms with Crippen LogP contribution in [0.1, 0.15) is 0 Å². The van der Waals surface area contributed by atoms with Gasteiger partial charge < -0.3 is 9.47 Å². The lowest BCUT2D eigenvalue weighted by Gasteiger charge is -2.10. The molecule has 12 aromatic rings. The Morgan fingerprint density at radius 2 is 0.763 bits per heavy atom. The van der Waals surface area contributed by atoms with Crippen molar-refractivity contribution in [2.45, 2.75) is 0 Å². The summed E-state index contributed by atoms with van der Waals surface area (Å²) in [6.07, 6.45) is 11.6. The molecule has 0 saturated carbocycles. The van der Waals surface area contributed by atoms with E-state index in [9.17, 15) is 0 Å². The van der Waals surface area contributed by atoms with Crippen LogP contribution < -0.4 is 9.47 Å². The largest absolute Gasteiger partial charge is 0.457 e. The Hall–Kier alpha value is -8.58. The molecule has 59 heavy (non-hydrogen) atoms. The van der Waals surface area contributed by atoms with Gasteiger partial charge in [0.15, 0.2) is 18.0 Å². The molecule has 6 aromatic carbocycles. The zero-order valence-electron chi connectivity index (χ0n) is 30.8. The zero-order chi connectivity index (χ0) is 38.9. The van der Waals surface area contributed by atoms with E-state index < -0.39 is 0 Å². The van der Waals surface area contributed by atoms with Gasteiger partial charge in [-0.15, -0.1) is 20.4 Å². The highest BCUT2D eigenvalue weighted by Crippen LogP contribution is 2.40. The predicted octanol–water partition coefficient (Wildman–Crippen LogP) is 9.72. The van der Waals surface area contributed by atoms with Crippen LogP contribution in [-0.2, 0) is 0 Å². The Kier molecular flexibility index (Phi) is 7.19. The number of para-hydroxylation sites is 2. The first kappa shape index (κ1) is 32.6. The van der Waals surface area contributed by atoms with E-state index in [2.05, 4.69) is 85.9 Å². The fourth-order valence-electron chi connectivity index (χ4n) is 8.21. The van der Waals surface area contributed by atoms with Crippen LogP contribution in [0.15, 0.2) is 165 Å². The van der Waals surface area contributed by atoms with E-state index in [4.69, 9.17) is 9.47 Å². The van der Waals surface area contributed by atoms with Gasteiger partial charge in [0.2, 0.25) is 0 Å². The molecule has 0 fully saturated rings. The Balaban J connectivity index is 0.955. The molecule has 0 saturated heterocycles. The first-order valence-electron chi connectivity index (χ1n) is 18.8. The summed E-state index contributed by atoms with van der Waals surface area (Å²) in [7, 11) is 0. The second-order valence-corrected chi connectivity index (χ2v) is 13.9. The summed E-state index contributed by atoms with van der Waals surface area (Å²) in [4.78, 5) is 17.9. The summed E-state index contributed by atoms with van der Waals surface area (Å²) in [6.45, 7) is 0. The van der Waals surface area contributed by atoms with Crippen molar-refractivity contribution < 1.29 is 9.47 Å². The van der Waals surface area contributed by atoms with Gasteiger partial charge in [0.25, 0.3) is 5.95 Å². The first-order chi connectivity index (χ1) is 29.2. The Labute approximate surface area is 333 Å². The topological polar surface area (TPSA) is 136 Å². The van der Waals surface area contributed by atoms with Crippen molar-refractivity contribution in [1.82, 2.24) is 54.0 Å². The fourth-order valence-corrected chi connectivity index (χ4v) is 8.21. The van der Waals surface area contributed by atoms with Gasteiger partial charge in [0.05, 0.1) is 45.5 Å². The Morgan fingerprint density at radius 1 is 0.373 bits per heavy atom. The summed E-state index contributed by atoms with van der Waals surface area (Å²) in [5, 5.41) is 23.2. The zero-order valence-corrected chi connectivity index (χ0v) is 30.8. The van der Waals surface area contributed by atoms with Crippen molar-refractivity contribution in [3.8, 4) is 40.6 Å². The molecule has 278 valence electrons. The number of benzene rings is 6. The van der Waals surface area contributed by atoms with Gasteiger partial charge in [-0.2, -0.15) is 0 Å². The fraction of sp³-hybridized carbons (Fsp3) is 0. The van der Waals surface area contributed by atoms with Crippen LogP contribution >= 0.6 is 0 Å². The summed E-state index contributed by atoms with van der Waals surface area (Å²) < 4.78 is 19.3. The second-order valence-electron chi connectivity index (χ2n) is 13.9. The molecule has 6 aromatic heterocycles. The summed E-state index contributed by atoms with van der Waals surface area (Å²) in [6, 6.07) is 40.7. The van der Waals surface area contributed by atoms with E-state index in [-0.39, 0.29) is 0 Å². The highest BCUT2D eigenvalue weighted by atomic mass is 16.5. The Bertz CT molecular complexity index is 3350. The van der Waals surface area contributed by atoms with Crippen molar-refractivity contribution >= 4 is 65.4 Å². The molecule has 0 spiro atoms. The van der Waals surface area contributed by atoms with Crippen molar-refractivity contribution in [2.75, 3.05) is 0 Å². The third-order valence-electron chi connectivity index (χ3n) is 10.6. The van der Waals surface area contributed by atoms with Crippen LogP contribution in [-0.4, -0.2) is 54.0 Å². The first-order valence-corrected chi connectivity index (χ1v) is 18.8. The lowest BCUT2D eigenvalue weighted by molar-refractivity contribution is 0.484. The van der Waals surface area contributed by atoms with Crippen LogP contribution in [0.3, 0.4) is 0 Å². The summed E-state index contributed by atoms with van der Waals surface area (Å²) in [5.41, 5.74) is 5.60. The molecule has 0 atom stereocenters. The average molecular weight is 766 g/mol. The number of nitrogens with zero attached hydrogens (tertiary/aromatic N) is 11. The van der Waals surface area contributed by atoms with E-state index in [1.807, 2.05) is 89.5 Å². The van der Waals surface area contributed by atoms with Crippen molar-refractivity contribution in [2.24, 2.45) is 0 Å². The second kappa shape index (κ2) is 13.0. The normalized spacial score (nSPS) is 11.7. The number of rotatable bonds is 7. The number of aromatic nitrogens is 11. The van der Waals surface area contributed by atoms with Crippen LogP contribution in [0.25, 0.3) is 83.0 Å². The van der Waals surface area contributed by atoms with Gasteiger partial charge in [-0.1, -0.05) is 36.4 Å². The van der Waals surface area contributed by atoms with Crippen molar-refractivity contribution in [3.63, 3.8) is 0 Å². The molecule has 0 bridgehead atoms. The predicted molar refractivity (Wildman–Crippen MR) is 225 cm³/mol. The van der Waals surface area contributed by atoms with Crippen LogP contribution in [0, 0.1) is 0 Å². The van der Waals surface area contributed by atoms with E-state index in [1.165, 1.54) is 6.33 Å². The minimum Gasteiger partial charge on any atom is -0.457 e. The molecule has 13 heteroatoms. The number of fused-ring (bicyclic) bond motifs is 9. The van der Waals surface area contributed by atoms with Crippen LogP contribution in [0.5, 0.6) is 23.0 Å². The maximum atomic E-state index is 6.60. The number of hydrogen-bond donors (Lipinski definition) is 0. The highest BCUT2D eigenvalue weighted by molar-refractivity contribution is 6.11. The van der Waals surface area contributed by atoms with E-state index in [0.717, 1.165) is 77.1 Å². The molecule has 0 aliphatic rings. The van der Waals surface area contributed by atoms with Gasteiger partial charge in [-0.3, -0.25) is 23.7 Å². The smallest absolute Gasteiger partial charge is 0.273 e. The molecule has 0 amide bonds. The summed E-state index contributed by atoms with van der Waals surface area (Å²) in [5.74, 6) is 4.34. The molecule has 0 aliphatic carbocycles. The SMILES string of the molecule is c1ccc2c(c1)c1ccc(Oc3ccc4c5ccc(Oc6ccc7c8ccccc8n(-c8cnccn8)c7c6)cc5n(-c5nncnn5)c4c3)cc1n2-c1cnccn1. The third-order valence-corrected chi connectivity index (χ3v) is 10.6. The van der Waals surface area contributed by atoms with Crippen molar-refractivity contribution in [3.05, 3.63) is 165 Å². The maximum absolute atomic E-state index is 6.60. The van der Waals surface area contributed by atoms with Crippen LogP contribution in [0.4, 0.5) is 0 Å². The third kappa shape index (κ3) is 5.26. The van der Waals surface area contributed by atoms with Gasteiger partial charge in [-0.05, 0) is 60.7 Å². The molecule has 12 rings (SSSR count). The Morgan fingerprint density at radius 3 is 1.17 bits per heavy atom.